The molecule has 0 aliphatic carbocycles. The molecule has 0 aromatic rings. The van der Waals surface area contributed by atoms with Gasteiger partial charge in [0.2, 0.25) is 0 Å². The fourth-order valence-corrected chi connectivity index (χ4v) is 1.36. The van der Waals surface area contributed by atoms with E-state index in [1.54, 1.807) is 7.11 Å². The van der Waals surface area contributed by atoms with Crippen LogP contribution in [0.3, 0.4) is 0 Å². The van der Waals surface area contributed by atoms with Crippen LogP contribution in [0.4, 0.5) is 0 Å². The lowest BCUT2D eigenvalue weighted by atomic mass is 10.1. The van der Waals surface area contributed by atoms with Crippen LogP contribution in [0.2, 0.25) is 0 Å². The van der Waals surface area contributed by atoms with Crippen molar-refractivity contribution in [1.29, 1.82) is 0 Å². The van der Waals surface area contributed by atoms with E-state index < -0.39 is 0 Å². The van der Waals surface area contributed by atoms with Crippen LogP contribution in [0.25, 0.3) is 0 Å². The van der Waals surface area contributed by atoms with Crippen molar-refractivity contribution in [2.24, 2.45) is 0 Å². The van der Waals surface area contributed by atoms with Crippen molar-refractivity contribution in [3.63, 3.8) is 0 Å². The maximum absolute atomic E-state index is 5.32. The van der Waals surface area contributed by atoms with Gasteiger partial charge in [-0.3, -0.25) is 0 Å². The Labute approximate surface area is 74.6 Å². The van der Waals surface area contributed by atoms with Crippen molar-refractivity contribution in [2.45, 2.75) is 37.9 Å². The van der Waals surface area contributed by atoms with E-state index >= 15 is 0 Å². The molecule has 0 spiro atoms. The predicted molar refractivity (Wildman–Crippen MR) is 49.2 cm³/mol. The van der Waals surface area contributed by atoms with Gasteiger partial charge in [0, 0.05) is 13.7 Å². The highest BCUT2D eigenvalue weighted by Crippen LogP contribution is 2.27. The topological polar surface area (TPSA) is 21.8 Å². The van der Waals surface area contributed by atoms with E-state index in [-0.39, 0.29) is 0 Å². The van der Waals surface area contributed by atoms with Crippen molar-refractivity contribution in [3.8, 4) is 0 Å². The number of hydrogen-bond acceptors (Lipinski definition) is 2. The van der Waals surface area contributed by atoms with Crippen LogP contribution in [0.5, 0.6) is 0 Å². The van der Waals surface area contributed by atoms with Gasteiger partial charge in [0.25, 0.3) is 0 Å². The summed E-state index contributed by atoms with van der Waals surface area (Å²) in [7, 11) is 1.75. The first-order chi connectivity index (χ1) is 5.88. The van der Waals surface area contributed by atoms with Crippen molar-refractivity contribution in [2.75, 3.05) is 13.7 Å². The fraction of sp³-hybridized carbons (Fsp3) is 0.800. The largest absolute Gasteiger partial charge is 0.385 e. The maximum Gasteiger partial charge on any atom is 0.102 e. The molecule has 12 heavy (non-hydrogen) atoms. The zero-order valence-electron chi connectivity index (χ0n) is 7.79. The minimum atomic E-state index is 0.354. The van der Waals surface area contributed by atoms with Gasteiger partial charge >= 0.3 is 0 Å². The van der Waals surface area contributed by atoms with Crippen molar-refractivity contribution < 1.29 is 9.47 Å². The minimum Gasteiger partial charge on any atom is -0.385 e. The van der Waals surface area contributed by atoms with Crippen molar-refractivity contribution in [3.05, 3.63) is 12.7 Å². The summed E-state index contributed by atoms with van der Waals surface area (Å²) in [5, 5.41) is 0. The summed E-state index contributed by atoms with van der Waals surface area (Å²) in [6.45, 7) is 4.57. The zero-order chi connectivity index (χ0) is 8.81. The monoisotopic (exact) mass is 170 g/mol. The number of epoxide rings is 1. The smallest absolute Gasteiger partial charge is 0.102 e. The average molecular weight is 170 g/mol. The van der Waals surface area contributed by atoms with Gasteiger partial charge in [0.05, 0.1) is 6.10 Å². The molecule has 0 unspecified atom stereocenters. The van der Waals surface area contributed by atoms with E-state index in [0.717, 1.165) is 6.61 Å². The maximum atomic E-state index is 5.32. The molecule has 2 nitrogen and oxygen atoms in total. The lowest BCUT2D eigenvalue weighted by Crippen LogP contribution is -1.92. The molecule has 2 atom stereocenters. The number of unbranched alkanes of at least 4 members (excludes halogenated alkanes) is 2. The Kier molecular flexibility index (Phi) is 4.33. The fourth-order valence-electron chi connectivity index (χ4n) is 1.36. The molecule has 1 saturated heterocycles. The Hall–Kier alpha value is -0.340. The number of ether oxygens (including phenoxy) is 2. The highest BCUT2D eigenvalue weighted by molar-refractivity contribution is 4.97. The van der Waals surface area contributed by atoms with Gasteiger partial charge < -0.3 is 9.47 Å². The summed E-state index contributed by atoms with van der Waals surface area (Å²) in [6.07, 6.45) is 7.57. The highest BCUT2D eigenvalue weighted by Gasteiger charge is 2.34. The third kappa shape index (κ3) is 3.37. The molecule has 0 N–H and O–H groups in total. The normalized spacial score (nSPS) is 27.1. The first kappa shape index (κ1) is 9.75. The molecule has 0 bridgehead atoms. The number of hydrogen-bond donors (Lipinski definition) is 0. The van der Waals surface area contributed by atoms with Gasteiger partial charge in [-0.15, -0.1) is 6.58 Å². The Morgan fingerprint density at radius 2 is 2.25 bits per heavy atom. The standard InChI is InChI=1S/C10H18O2/c1-3-9-10(12-9)7-5-4-6-8-11-2/h3,9-10H,1,4-8H2,2H3/t9-,10-/m1/s1. The van der Waals surface area contributed by atoms with Crippen LogP contribution in [0, 0.1) is 0 Å². The Bertz CT molecular complexity index is 134. The van der Waals surface area contributed by atoms with Crippen LogP contribution < -0.4 is 0 Å². The quantitative estimate of drug-likeness (QED) is 0.332. The van der Waals surface area contributed by atoms with E-state index in [2.05, 4.69) is 6.58 Å². The summed E-state index contributed by atoms with van der Waals surface area (Å²) in [5.74, 6) is 0. The van der Waals surface area contributed by atoms with Gasteiger partial charge in [-0.05, 0) is 12.8 Å². The summed E-state index contributed by atoms with van der Waals surface area (Å²) >= 11 is 0. The average Bonchev–Trinajstić information content (AvgIpc) is 2.83. The molecule has 1 rings (SSSR count). The van der Waals surface area contributed by atoms with E-state index in [9.17, 15) is 0 Å². The van der Waals surface area contributed by atoms with E-state index in [1.165, 1.54) is 25.7 Å². The molecule has 1 heterocycles. The molecule has 70 valence electrons. The Balaban J connectivity index is 1.81. The van der Waals surface area contributed by atoms with Crippen LogP contribution >= 0.6 is 0 Å². The first-order valence-corrected chi connectivity index (χ1v) is 4.65. The summed E-state index contributed by atoms with van der Waals surface area (Å²) < 4.78 is 10.3. The van der Waals surface area contributed by atoms with Crippen molar-refractivity contribution in [1.82, 2.24) is 0 Å². The van der Waals surface area contributed by atoms with E-state index in [1.807, 2.05) is 6.08 Å². The molecule has 0 amide bonds. The molecule has 1 fully saturated rings. The second kappa shape index (κ2) is 5.33. The summed E-state index contributed by atoms with van der Waals surface area (Å²) in [5.41, 5.74) is 0. The van der Waals surface area contributed by atoms with E-state index in [4.69, 9.17) is 9.47 Å². The molecule has 0 saturated carbocycles. The molecule has 1 aliphatic heterocycles. The van der Waals surface area contributed by atoms with Gasteiger partial charge in [0.15, 0.2) is 0 Å². The molecule has 0 radical (unpaired) electrons. The van der Waals surface area contributed by atoms with Crippen LogP contribution in [0.15, 0.2) is 12.7 Å². The minimum absolute atomic E-state index is 0.354. The summed E-state index contributed by atoms with van der Waals surface area (Å²) in [6, 6.07) is 0. The molecular weight excluding hydrogens is 152 g/mol. The molecule has 2 heteroatoms. The first-order valence-electron chi connectivity index (χ1n) is 4.65. The van der Waals surface area contributed by atoms with Crippen LogP contribution in [-0.4, -0.2) is 25.9 Å². The number of rotatable bonds is 7. The van der Waals surface area contributed by atoms with Crippen LogP contribution in [0.1, 0.15) is 25.7 Å². The lowest BCUT2D eigenvalue weighted by Gasteiger charge is -1.97. The SMILES string of the molecule is C=C[C@H]1O[C@@H]1CCCCCOC. The van der Waals surface area contributed by atoms with Crippen LogP contribution in [-0.2, 0) is 9.47 Å². The van der Waals surface area contributed by atoms with Gasteiger partial charge in [-0.25, -0.2) is 0 Å². The Morgan fingerprint density at radius 1 is 1.42 bits per heavy atom. The lowest BCUT2D eigenvalue weighted by molar-refractivity contribution is 0.191. The third-order valence-electron chi connectivity index (χ3n) is 2.19. The molecule has 0 aromatic carbocycles. The second-order valence-corrected chi connectivity index (χ2v) is 3.22. The van der Waals surface area contributed by atoms with Gasteiger partial charge in [-0.1, -0.05) is 18.9 Å². The molecular formula is C10H18O2. The number of methoxy groups -OCH3 is 1. The molecule has 0 aromatic heterocycles. The third-order valence-corrected chi connectivity index (χ3v) is 2.19. The second-order valence-electron chi connectivity index (χ2n) is 3.22. The Morgan fingerprint density at radius 3 is 2.83 bits per heavy atom. The molecule has 1 aliphatic rings. The zero-order valence-corrected chi connectivity index (χ0v) is 7.79. The van der Waals surface area contributed by atoms with E-state index in [0.29, 0.717) is 12.2 Å². The van der Waals surface area contributed by atoms with Crippen molar-refractivity contribution >= 4 is 0 Å². The highest BCUT2D eigenvalue weighted by atomic mass is 16.6. The van der Waals surface area contributed by atoms with Gasteiger partial charge in [0.1, 0.15) is 6.10 Å². The van der Waals surface area contributed by atoms with Gasteiger partial charge in [-0.2, -0.15) is 0 Å². The predicted octanol–water partition coefficient (Wildman–Crippen LogP) is 2.15. The summed E-state index contributed by atoms with van der Waals surface area (Å²) in [4.78, 5) is 0.